The van der Waals surface area contributed by atoms with Crippen LogP contribution in [0.1, 0.15) is 25.6 Å². The molecule has 90 valence electrons. The number of halogens is 1. The Labute approximate surface area is 106 Å². The summed E-state index contributed by atoms with van der Waals surface area (Å²) in [6.07, 6.45) is 0. The van der Waals surface area contributed by atoms with Gasteiger partial charge in [-0.15, -0.1) is 11.3 Å². The molecule has 1 rings (SSSR count). The topological polar surface area (TPSA) is 20.3 Å². The fourth-order valence-corrected chi connectivity index (χ4v) is 2.41. The summed E-state index contributed by atoms with van der Waals surface area (Å²) in [7, 11) is 1.96. The Kier molecular flexibility index (Phi) is 4.53. The number of thiophene rings is 1. The van der Waals surface area contributed by atoms with Crippen LogP contribution in [0.25, 0.3) is 0 Å². The first-order valence-corrected chi connectivity index (χ1v) is 6.44. The predicted octanol–water partition coefficient (Wildman–Crippen LogP) is 3.45. The van der Waals surface area contributed by atoms with E-state index in [0.717, 1.165) is 10.9 Å². The molecule has 1 heterocycles. The van der Waals surface area contributed by atoms with Crippen LogP contribution in [-0.4, -0.2) is 24.3 Å². The Morgan fingerprint density at radius 3 is 2.50 bits per heavy atom. The molecule has 4 heteroatoms. The molecule has 0 aliphatic carbocycles. The van der Waals surface area contributed by atoms with E-state index >= 15 is 0 Å². The number of likely N-dealkylation sites (N-methyl/N-ethyl adjacent to an activating group) is 1. The molecule has 0 bridgehead atoms. The minimum absolute atomic E-state index is 0.262. The van der Waals surface area contributed by atoms with E-state index in [1.54, 1.807) is 11.3 Å². The molecule has 1 aromatic heterocycles. The van der Waals surface area contributed by atoms with E-state index in [-0.39, 0.29) is 11.2 Å². The van der Waals surface area contributed by atoms with Gasteiger partial charge in [0.1, 0.15) is 0 Å². The lowest BCUT2D eigenvalue weighted by atomic mass is 9.90. The van der Waals surface area contributed by atoms with Crippen molar-refractivity contribution in [3.05, 3.63) is 21.3 Å². The summed E-state index contributed by atoms with van der Waals surface area (Å²) in [5, 5.41) is 0. The number of hydrogen-bond acceptors (Lipinski definition) is 3. The highest BCUT2D eigenvalue weighted by Crippen LogP contribution is 2.22. The summed E-state index contributed by atoms with van der Waals surface area (Å²) >= 11 is 7.42. The van der Waals surface area contributed by atoms with Crippen LogP contribution in [0.2, 0.25) is 4.34 Å². The Morgan fingerprint density at radius 2 is 2.06 bits per heavy atom. The molecule has 0 saturated carbocycles. The molecule has 0 aromatic carbocycles. The third-order valence-electron chi connectivity index (χ3n) is 2.30. The van der Waals surface area contributed by atoms with E-state index < -0.39 is 0 Å². The van der Waals surface area contributed by atoms with Crippen molar-refractivity contribution in [3.8, 4) is 0 Å². The Balaban J connectivity index is 2.48. The maximum absolute atomic E-state index is 11.8. The zero-order valence-corrected chi connectivity index (χ0v) is 11.8. The van der Waals surface area contributed by atoms with Crippen molar-refractivity contribution in [2.45, 2.75) is 27.3 Å². The monoisotopic (exact) mass is 259 g/mol. The quantitative estimate of drug-likeness (QED) is 0.826. The Bertz CT molecular complexity index is 367. The van der Waals surface area contributed by atoms with E-state index in [1.165, 1.54) is 4.88 Å². The van der Waals surface area contributed by atoms with Crippen molar-refractivity contribution in [2.24, 2.45) is 5.41 Å². The van der Waals surface area contributed by atoms with E-state index in [4.69, 9.17) is 11.6 Å². The van der Waals surface area contributed by atoms with E-state index in [9.17, 15) is 4.79 Å². The van der Waals surface area contributed by atoms with Crippen molar-refractivity contribution >= 4 is 28.7 Å². The number of rotatable bonds is 4. The molecule has 16 heavy (non-hydrogen) atoms. The molecule has 0 aliphatic heterocycles. The normalized spacial score (nSPS) is 12.1. The maximum Gasteiger partial charge on any atom is 0.152 e. The number of hydrogen-bond donors (Lipinski definition) is 0. The second-order valence-corrected chi connectivity index (χ2v) is 6.85. The van der Waals surface area contributed by atoms with Gasteiger partial charge in [0.15, 0.2) is 5.78 Å². The summed E-state index contributed by atoms with van der Waals surface area (Å²) in [5.41, 5.74) is -0.263. The molecule has 0 atom stereocenters. The van der Waals surface area contributed by atoms with Crippen LogP contribution < -0.4 is 0 Å². The second kappa shape index (κ2) is 5.30. The highest BCUT2D eigenvalue weighted by molar-refractivity contribution is 7.16. The zero-order chi connectivity index (χ0) is 12.3. The average molecular weight is 260 g/mol. The summed E-state index contributed by atoms with van der Waals surface area (Å²) < 4.78 is 0.797. The van der Waals surface area contributed by atoms with E-state index in [2.05, 4.69) is 0 Å². The predicted molar refractivity (Wildman–Crippen MR) is 70.1 cm³/mol. The molecule has 1 aromatic rings. The van der Waals surface area contributed by atoms with E-state index in [1.807, 2.05) is 44.9 Å². The molecule has 0 unspecified atom stereocenters. The highest BCUT2D eigenvalue weighted by atomic mass is 35.5. The largest absolute Gasteiger partial charge is 0.298 e. The summed E-state index contributed by atoms with van der Waals surface area (Å²) in [6, 6.07) is 3.89. The van der Waals surface area contributed by atoms with Crippen LogP contribution in [-0.2, 0) is 11.3 Å². The van der Waals surface area contributed by atoms with Crippen molar-refractivity contribution in [3.63, 3.8) is 0 Å². The smallest absolute Gasteiger partial charge is 0.152 e. The minimum atomic E-state index is -0.263. The second-order valence-electron chi connectivity index (χ2n) is 5.05. The van der Waals surface area contributed by atoms with Gasteiger partial charge >= 0.3 is 0 Å². The summed E-state index contributed by atoms with van der Waals surface area (Å²) in [5.74, 6) is 0.262. The van der Waals surface area contributed by atoms with Crippen molar-refractivity contribution in [2.75, 3.05) is 13.6 Å². The van der Waals surface area contributed by atoms with Crippen molar-refractivity contribution < 1.29 is 4.79 Å². The number of carbonyl (C=O) groups excluding carboxylic acids is 1. The van der Waals surface area contributed by atoms with Crippen LogP contribution in [0.3, 0.4) is 0 Å². The Hall–Kier alpha value is -0.380. The molecule has 0 amide bonds. The van der Waals surface area contributed by atoms with Gasteiger partial charge < -0.3 is 0 Å². The molecule has 0 saturated heterocycles. The van der Waals surface area contributed by atoms with E-state index in [0.29, 0.717) is 6.54 Å². The number of ketones is 1. The molecular weight excluding hydrogens is 242 g/mol. The van der Waals surface area contributed by atoms with Crippen LogP contribution in [0.15, 0.2) is 12.1 Å². The molecule has 0 N–H and O–H groups in total. The van der Waals surface area contributed by atoms with Gasteiger partial charge in [0.2, 0.25) is 0 Å². The van der Waals surface area contributed by atoms with Gasteiger partial charge in [-0.1, -0.05) is 32.4 Å². The number of carbonyl (C=O) groups is 1. The third kappa shape index (κ3) is 4.24. The van der Waals surface area contributed by atoms with Gasteiger partial charge in [-0.2, -0.15) is 0 Å². The summed E-state index contributed by atoms with van der Waals surface area (Å²) in [6.45, 7) is 7.11. The average Bonchev–Trinajstić information content (AvgIpc) is 2.49. The van der Waals surface area contributed by atoms with Crippen LogP contribution >= 0.6 is 22.9 Å². The lowest BCUT2D eigenvalue weighted by Gasteiger charge is -2.21. The third-order valence-corrected chi connectivity index (χ3v) is 3.52. The Morgan fingerprint density at radius 1 is 1.44 bits per heavy atom. The van der Waals surface area contributed by atoms with Gasteiger partial charge in [-0.3, -0.25) is 9.69 Å². The van der Waals surface area contributed by atoms with Crippen molar-refractivity contribution in [1.29, 1.82) is 0 Å². The van der Waals surface area contributed by atoms with Gasteiger partial charge in [-0.25, -0.2) is 0 Å². The van der Waals surface area contributed by atoms with Crippen LogP contribution in [0.5, 0.6) is 0 Å². The van der Waals surface area contributed by atoms with Gasteiger partial charge in [0, 0.05) is 16.8 Å². The summed E-state index contributed by atoms with van der Waals surface area (Å²) in [4.78, 5) is 15.0. The first-order valence-electron chi connectivity index (χ1n) is 5.25. The highest BCUT2D eigenvalue weighted by Gasteiger charge is 2.22. The fraction of sp³-hybridized carbons (Fsp3) is 0.583. The lowest BCUT2D eigenvalue weighted by molar-refractivity contribution is -0.127. The maximum atomic E-state index is 11.8. The molecule has 2 nitrogen and oxygen atoms in total. The standard InChI is InChI=1S/C12H18ClNOS/c1-12(2,3)10(15)8-14(4)7-9-5-6-11(13)16-9/h5-6H,7-8H2,1-4H3. The SMILES string of the molecule is CN(CC(=O)C(C)(C)C)Cc1ccc(Cl)s1. The molecule has 0 radical (unpaired) electrons. The van der Waals surface area contributed by atoms with Crippen LogP contribution in [0, 0.1) is 5.41 Å². The number of nitrogens with zero attached hydrogens (tertiary/aromatic N) is 1. The van der Waals surface area contributed by atoms with Gasteiger partial charge in [0.25, 0.3) is 0 Å². The van der Waals surface area contributed by atoms with Crippen molar-refractivity contribution in [1.82, 2.24) is 4.90 Å². The van der Waals surface area contributed by atoms with Gasteiger partial charge in [-0.05, 0) is 19.2 Å². The molecule has 0 spiro atoms. The first-order chi connectivity index (χ1) is 7.29. The first kappa shape index (κ1) is 13.7. The zero-order valence-electron chi connectivity index (χ0n) is 10.2. The molecular formula is C12H18ClNOS. The van der Waals surface area contributed by atoms with Gasteiger partial charge in [0.05, 0.1) is 10.9 Å². The molecule has 0 fully saturated rings. The minimum Gasteiger partial charge on any atom is -0.298 e. The number of Topliss-reactive ketones (excluding diaryl/α,β-unsaturated/α-hetero) is 1. The van der Waals surface area contributed by atoms with Crippen LogP contribution in [0.4, 0.5) is 0 Å². The fourth-order valence-electron chi connectivity index (χ4n) is 1.24. The molecule has 0 aliphatic rings. The lowest BCUT2D eigenvalue weighted by Crippen LogP contribution is -2.33.